The standard InChI is InChI=1S/C16H21BrFNO/c17-15-4-3-13(18)9-12(15)11-19-14-5-8-20-16(10-14)6-1-2-7-16/h3-4,9,14,19H,1-2,5-8,10-11H2. The lowest BCUT2D eigenvalue weighted by atomic mass is 9.89. The van der Waals surface area contributed by atoms with Crippen molar-refractivity contribution in [1.29, 1.82) is 0 Å². The van der Waals surface area contributed by atoms with Gasteiger partial charge in [0.25, 0.3) is 0 Å². The van der Waals surface area contributed by atoms with Crippen LogP contribution in [0.3, 0.4) is 0 Å². The van der Waals surface area contributed by atoms with E-state index in [0.717, 1.165) is 29.5 Å². The summed E-state index contributed by atoms with van der Waals surface area (Å²) in [5, 5.41) is 3.58. The molecule has 0 amide bonds. The summed E-state index contributed by atoms with van der Waals surface area (Å²) in [5.74, 6) is -0.177. The number of hydrogen-bond donors (Lipinski definition) is 1. The first kappa shape index (κ1) is 14.5. The largest absolute Gasteiger partial charge is 0.375 e. The minimum atomic E-state index is -0.177. The maximum absolute atomic E-state index is 13.3. The molecule has 2 nitrogen and oxygen atoms in total. The fraction of sp³-hybridized carbons (Fsp3) is 0.625. The van der Waals surface area contributed by atoms with Gasteiger partial charge in [0.05, 0.1) is 5.60 Å². The van der Waals surface area contributed by atoms with Crippen LogP contribution in [0.4, 0.5) is 4.39 Å². The molecule has 2 aliphatic rings. The van der Waals surface area contributed by atoms with Gasteiger partial charge in [-0.2, -0.15) is 0 Å². The van der Waals surface area contributed by atoms with Crippen LogP contribution in [0.1, 0.15) is 44.1 Å². The number of nitrogens with one attached hydrogen (secondary N) is 1. The molecule has 1 aliphatic carbocycles. The normalized spacial score (nSPS) is 25.2. The highest BCUT2D eigenvalue weighted by Crippen LogP contribution is 2.40. The second kappa shape index (κ2) is 6.12. The second-order valence-corrected chi connectivity index (χ2v) is 6.90. The Balaban J connectivity index is 1.59. The number of rotatable bonds is 3. The lowest BCUT2D eigenvalue weighted by Crippen LogP contribution is -2.45. The van der Waals surface area contributed by atoms with E-state index in [1.165, 1.54) is 31.7 Å². The molecule has 1 aromatic rings. The van der Waals surface area contributed by atoms with E-state index < -0.39 is 0 Å². The molecular weight excluding hydrogens is 321 g/mol. The van der Waals surface area contributed by atoms with E-state index in [2.05, 4.69) is 21.2 Å². The highest BCUT2D eigenvalue weighted by Gasteiger charge is 2.39. The van der Waals surface area contributed by atoms with E-state index in [1.807, 2.05) is 0 Å². The van der Waals surface area contributed by atoms with Crippen LogP contribution >= 0.6 is 15.9 Å². The van der Waals surface area contributed by atoms with E-state index in [-0.39, 0.29) is 11.4 Å². The molecule has 1 unspecified atom stereocenters. The predicted molar refractivity (Wildman–Crippen MR) is 81.1 cm³/mol. The minimum Gasteiger partial charge on any atom is -0.375 e. The highest BCUT2D eigenvalue weighted by molar-refractivity contribution is 9.10. The van der Waals surface area contributed by atoms with E-state index >= 15 is 0 Å². The molecule has 1 aliphatic heterocycles. The van der Waals surface area contributed by atoms with Crippen LogP contribution in [0.25, 0.3) is 0 Å². The van der Waals surface area contributed by atoms with Gasteiger partial charge >= 0.3 is 0 Å². The molecule has 1 saturated carbocycles. The van der Waals surface area contributed by atoms with Crippen molar-refractivity contribution in [2.45, 2.75) is 56.7 Å². The van der Waals surface area contributed by atoms with Crippen molar-refractivity contribution in [2.24, 2.45) is 0 Å². The molecule has 0 aromatic heterocycles. The molecule has 4 heteroatoms. The van der Waals surface area contributed by atoms with E-state index in [4.69, 9.17) is 4.74 Å². The first-order valence-corrected chi connectivity index (χ1v) is 8.27. The zero-order valence-electron chi connectivity index (χ0n) is 11.6. The Morgan fingerprint density at radius 2 is 2.15 bits per heavy atom. The van der Waals surface area contributed by atoms with Crippen LogP contribution in [-0.4, -0.2) is 18.2 Å². The minimum absolute atomic E-state index is 0.134. The third kappa shape index (κ3) is 3.23. The Morgan fingerprint density at radius 3 is 2.95 bits per heavy atom. The Bertz CT molecular complexity index is 474. The van der Waals surface area contributed by atoms with Gasteiger partial charge in [0.15, 0.2) is 0 Å². The number of hydrogen-bond acceptors (Lipinski definition) is 2. The fourth-order valence-corrected chi connectivity index (χ4v) is 3.89. The second-order valence-electron chi connectivity index (χ2n) is 6.04. The summed E-state index contributed by atoms with van der Waals surface area (Å²) in [6, 6.07) is 5.34. The predicted octanol–water partition coefficient (Wildman–Crippen LogP) is 4.17. The summed E-state index contributed by atoms with van der Waals surface area (Å²) in [4.78, 5) is 0. The quantitative estimate of drug-likeness (QED) is 0.890. The first-order chi connectivity index (χ1) is 9.67. The Labute approximate surface area is 128 Å². The molecule has 0 radical (unpaired) electrons. The van der Waals surface area contributed by atoms with E-state index in [1.54, 1.807) is 12.1 Å². The summed E-state index contributed by atoms with van der Waals surface area (Å²) in [7, 11) is 0. The summed E-state index contributed by atoms with van der Waals surface area (Å²) in [6.45, 7) is 1.56. The smallest absolute Gasteiger partial charge is 0.123 e. The van der Waals surface area contributed by atoms with Crippen molar-refractivity contribution in [2.75, 3.05) is 6.61 Å². The lowest BCUT2D eigenvalue weighted by Gasteiger charge is -2.38. The van der Waals surface area contributed by atoms with Crippen LogP contribution in [0.5, 0.6) is 0 Å². The average Bonchev–Trinajstić information content (AvgIpc) is 2.88. The molecule has 1 N–H and O–H groups in total. The Hall–Kier alpha value is -0.450. The maximum Gasteiger partial charge on any atom is 0.123 e. The van der Waals surface area contributed by atoms with Crippen molar-refractivity contribution >= 4 is 15.9 Å². The van der Waals surface area contributed by atoms with Crippen LogP contribution in [-0.2, 0) is 11.3 Å². The highest BCUT2D eigenvalue weighted by atomic mass is 79.9. The molecule has 2 fully saturated rings. The van der Waals surface area contributed by atoms with Crippen LogP contribution < -0.4 is 5.32 Å². The Kier molecular flexibility index (Phi) is 4.43. The third-order valence-corrected chi connectivity index (χ3v) is 5.37. The number of benzene rings is 1. The number of halogens is 2. The zero-order valence-corrected chi connectivity index (χ0v) is 13.2. The van der Waals surface area contributed by atoms with Crippen molar-refractivity contribution in [3.63, 3.8) is 0 Å². The molecule has 1 aromatic carbocycles. The fourth-order valence-electron chi connectivity index (χ4n) is 3.50. The monoisotopic (exact) mass is 341 g/mol. The van der Waals surface area contributed by atoms with Crippen molar-refractivity contribution in [3.05, 3.63) is 34.1 Å². The molecule has 1 spiro atoms. The van der Waals surface area contributed by atoms with Gasteiger partial charge in [-0.1, -0.05) is 28.8 Å². The maximum atomic E-state index is 13.3. The van der Waals surface area contributed by atoms with Gasteiger partial charge in [-0.3, -0.25) is 0 Å². The summed E-state index contributed by atoms with van der Waals surface area (Å²) >= 11 is 3.48. The van der Waals surface area contributed by atoms with Gasteiger partial charge in [0.2, 0.25) is 0 Å². The molecule has 1 heterocycles. The van der Waals surface area contributed by atoms with Crippen molar-refractivity contribution < 1.29 is 9.13 Å². The number of ether oxygens (including phenoxy) is 1. The molecule has 110 valence electrons. The Morgan fingerprint density at radius 1 is 1.35 bits per heavy atom. The van der Waals surface area contributed by atoms with Crippen LogP contribution in [0.2, 0.25) is 0 Å². The third-order valence-electron chi connectivity index (χ3n) is 4.60. The lowest BCUT2D eigenvalue weighted by molar-refractivity contribution is -0.0837. The molecule has 0 bridgehead atoms. The van der Waals surface area contributed by atoms with Gasteiger partial charge in [0.1, 0.15) is 5.82 Å². The van der Waals surface area contributed by atoms with Gasteiger partial charge in [-0.05, 0) is 49.4 Å². The van der Waals surface area contributed by atoms with Crippen molar-refractivity contribution in [1.82, 2.24) is 5.32 Å². The average molecular weight is 342 g/mol. The van der Waals surface area contributed by atoms with Gasteiger partial charge in [-0.15, -0.1) is 0 Å². The molecule has 1 atom stereocenters. The molecular formula is C16H21BrFNO. The zero-order chi connectivity index (χ0) is 14.0. The van der Waals surface area contributed by atoms with Crippen LogP contribution in [0.15, 0.2) is 22.7 Å². The van der Waals surface area contributed by atoms with Gasteiger partial charge in [-0.25, -0.2) is 4.39 Å². The molecule has 20 heavy (non-hydrogen) atoms. The summed E-state index contributed by atoms with van der Waals surface area (Å²) < 4.78 is 20.3. The molecule has 3 rings (SSSR count). The van der Waals surface area contributed by atoms with E-state index in [0.29, 0.717) is 12.6 Å². The molecule has 1 saturated heterocycles. The first-order valence-electron chi connectivity index (χ1n) is 7.48. The summed E-state index contributed by atoms with van der Waals surface area (Å²) in [5.41, 5.74) is 1.12. The SMILES string of the molecule is Fc1ccc(Br)c(CNC2CCOC3(CCCC3)C2)c1. The van der Waals surface area contributed by atoms with Crippen LogP contribution in [0, 0.1) is 5.82 Å². The topological polar surface area (TPSA) is 21.3 Å². The van der Waals surface area contributed by atoms with E-state index in [9.17, 15) is 4.39 Å². The van der Waals surface area contributed by atoms with Gasteiger partial charge < -0.3 is 10.1 Å². The van der Waals surface area contributed by atoms with Gasteiger partial charge in [0, 0.05) is 23.7 Å². The van der Waals surface area contributed by atoms with Crippen molar-refractivity contribution in [3.8, 4) is 0 Å². The summed E-state index contributed by atoms with van der Waals surface area (Å²) in [6.07, 6.45) is 7.14.